The van der Waals surface area contributed by atoms with E-state index < -0.39 is 17.8 Å². The number of aryl methyl sites for hydroxylation is 1. The molecule has 48 heavy (non-hydrogen) atoms. The second kappa shape index (κ2) is 14.4. The zero-order valence-electron chi connectivity index (χ0n) is 26.2. The smallest absolute Gasteiger partial charge is 0.433 e. The molecular weight excluding hydrogens is 643 g/mol. The lowest BCUT2D eigenvalue weighted by atomic mass is 10.0. The van der Waals surface area contributed by atoms with Crippen molar-refractivity contribution in [2.45, 2.75) is 23.9 Å². The fraction of sp³-hybridized carbons (Fsp3) is 0.171. The number of para-hydroxylation sites is 1. The molecule has 0 aliphatic heterocycles. The van der Waals surface area contributed by atoms with Crippen molar-refractivity contribution in [1.29, 1.82) is 5.26 Å². The van der Waals surface area contributed by atoms with E-state index in [4.69, 9.17) is 19.2 Å². The van der Waals surface area contributed by atoms with Gasteiger partial charge in [-0.25, -0.2) is 15.4 Å². The molecule has 0 spiro atoms. The maximum atomic E-state index is 13.4. The van der Waals surface area contributed by atoms with E-state index in [0.29, 0.717) is 50.5 Å². The molecule has 9 nitrogen and oxygen atoms in total. The number of ether oxygens (including phenoxy) is 3. The number of pyridine rings is 2. The van der Waals surface area contributed by atoms with Gasteiger partial charge in [0.1, 0.15) is 22.5 Å². The molecule has 5 rings (SSSR count). The summed E-state index contributed by atoms with van der Waals surface area (Å²) < 4.78 is 56.4. The van der Waals surface area contributed by atoms with E-state index in [1.54, 1.807) is 49.6 Å². The fourth-order valence-electron chi connectivity index (χ4n) is 4.90. The zero-order valence-corrected chi connectivity index (χ0v) is 27.0. The van der Waals surface area contributed by atoms with Crippen molar-refractivity contribution < 1.29 is 32.2 Å². The Hall–Kier alpha value is -5.61. The first-order chi connectivity index (χ1) is 23.1. The maximum Gasteiger partial charge on any atom is 0.433 e. The second-order valence-electron chi connectivity index (χ2n) is 10.3. The van der Waals surface area contributed by atoms with Gasteiger partial charge < -0.3 is 14.2 Å². The number of alkyl halides is 3. The van der Waals surface area contributed by atoms with Gasteiger partial charge in [-0.3, -0.25) is 4.79 Å². The van der Waals surface area contributed by atoms with Gasteiger partial charge in [0, 0.05) is 22.3 Å². The number of benzene rings is 3. The van der Waals surface area contributed by atoms with E-state index in [1.807, 2.05) is 30.3 Å². The minimum absolute atomic E-state index is 0.0322. The molecular formula is C35H28F3N5O4S. The Morgan fingerprint density at radius 2 is 1.69 bits per heavy atom. The summed E-state index contributed by atoms with van der Waals surface area (Å²) in [6, 6.07) is 22.2. The Kier molecular flexibility index (Phi) is 10.1. The lowest BCUT2D eigenvalue weighted by Crippen LogP contribution is -2.18. The summed E-state index contributed by atoms with van der Waals surface area (Å²) >= 11 is 0.990. The van der Waals surface area contributed by atoms with Gasteiger partial charge >= 0.3 is 6.18 Å². The Morgan fingerprint density at radius 1 is 0.958 bits per heavy atom. The van der Waals surface area contributed by atoms with Gasteiger partial charge in [0.2, 0.25) is 0 Å². The summed E-state index contributed by atoms with van der Waals surface area (Å²) in [6.45, 7) is 1.44. The Balaban J connectivity index is 1.38. The lowest BCUT2D eigenvalue weighted by Gasteiger charge is -2.13. The van der Waals surface area contributed by atoms with Gasteiger partial charge in [0.25, 0.3) is 5.91 Å². The molecule has 244 valence electrons. The van der Waals surface area contributed by atoms with Crippen LogP contribution in [0.1, 0.15) is 38.3 Å². The third-order valence-electron chi connectivity index (χ3n) is 7.27. The van der Waals surface area contributed by atoms with Crippen LogP contribution in [0.3, 0.4) is 0 Å². The Bertz CT molecular complexity index is 2080. The van der Waals surface area contributed by atoms with Crippen molar-refractivity contribution in [1.82, 2.24) is 15.4 Å². The summed E-state index contributed by atoms with van der Waals surface area (Å²) in [6.07, 6.45) is -3.21. The van der Waals surface area contributed by atoms with Gasteiger partial charge in [-0.1, -0.05) is 18.2 Å². The summed E-state index contributed by atoms with van der Waals surface area (Å²) in [5.41, 5.74) is 5.21. The number of hydrogen-bond acceptors (Lipinski definition) is 9. The molecule has 3 aromatic carbocycles. The number of amides is 1. The van der Waals surface area contributed by atoms with E-state index in [-0.39, 0.29) is 21.9 Å². The first-order valence-electron chi connectivity index (χ1n) is 14.3. The predicted octanol–water partition coefficient (Wildman–Crippen LogP) is 7.58. The van der Waals surface area contributed by atoms with Crippen molar-refractivity contribution in [2.24, 2.45) is 5.10 Å². The number of methoxy groups -OCH3 is 3. The minimum Gasteiger partial charge on any atom is -0.496 e. The maximum absolute atomic E-state index is 13.4. The SMILES string of the molecule is COc1ccc(/C=N/NC(=O)c2cc(-c3ccc(OC)c(OC)c3)nc3ccccc23)cc1CSc1nc(C(F)(F)F)cc(C)c1C#N. The molecule has 0 aliphatic carbocycles. The molecule has 0 aliphatic rings. The van der Waals surface area contributed by atoms with Crippen LogP contribution in [0.25, 0.3) is 22.2 Å². The highest BCUT2D eigenvalue weighted by atomic mass is 32.2. The standard InChI is InChI=1S/C35H28F3N5O4S/c1-20-13-32(35(36,37)38)42-34(26(20)17-39)48-19-23-14-21(9-11-29(23)45-2)18-40-43-33(44)25-16-28(41-27-8-6-5-7-24(25)27)22-10-12-30(46-3)31(15-22)47-4/h5-16,18H,19H2,1-4H3,(H,43,44)/b40-18+. The number of carbonyl (C=O) groups excluding carboxylic acids is 1. The summed E-state index contributed by atoms with van der Waals surface area (Å²) in [5, 5.41) is 14.3. The molecule has 1 N–H and O–H groups in total. The highest BCUT2D eigenvalue weighted by Crippen LogP contribution is 2.36. The van der Waals surface area contributed by atoms with E-state index in [1.165, 1.54) is 27.4 Å². The topological polar surface area (TPSA) is 119 Å². The second-order valence-corrected chi connectivity index (χ2v) is 11.3. The highest BCUT2D eigenvalue weighted by molar-refractivity contribution is 7.98. The van der Waals surface area contributed by atoms with Gasteiger partial charge in [-0.2, -0.15) is 23.5 Å². The van der Waals surface area contributed by atoms with Crippen LogP contribution in [0, 0.1) is 18.3 Å². The number of aromatic nitrogens is 2. The third-order valence-corrected chi connectivity index (χ3v) is 8.30. The summed E-state index contributed by atoms with van der Waals surface area (Å²) in [4.78, 5) is 21.9. The average molecular weight is 672 g/mol. The largest absolute Gasteiger partial charge is 0.496 e. The van der Waals surface area contributed by atoms with Crippen LogP contribution in [0.15, 0.2) is 82.9 Å². The number of rotatable bonds is 10. The normalized spacial score (nSPS) is 11.4. The van der Waals surface area contributed by atoms with Crippen LogP contribution < -0.4 is 19.6 Å². The molecule has 2 heterocycles. The van der Waals surface area contributed by atoms with Crippen molar-refractivity contribution in [2.75, 3.05) is 21.3 Å². The van der Waals surface area contributed by atoms with Crippen molar-refractivity contribution in [3.8, 4) is 34.6 Å². The summed E-state index contributed by atoms with van der Waals surface area (Å²) in [5.74, 6) is 1.25. The van der Waals surface area contributed by atoms with Crippen LogP contribution in [0.5, 0.6) is 17.2 Å². The predicted molar refractivity (Wildman–Crippen MR) is 177 cm³/mol. The first-order valence-corrected chi connectivity index (χ1v) is 15.3. The highest BCUT2D eigenvalue weighted by Gasteiger charge is 2.34. The number of nitriles is 1. The number of halogens is 3. The first kappa shape index (κ1) is 33.7. The van der Waals surface area contributed by atoms with Gasteiger partial charge in [0.05, 0.1) is 49.9 Å². The van der Waals surface area contributed by atoms with Gasteiger partial charge in [-0.05, 0) is 72.6 Å². The quantitative estimate of drug-likeness (QED) is 0.0918. The van der Waals surface area contributed by atoms with Gasteiger partial charge in [-0.15, -0.1) is 11.8 Å². The number of thioether (sulfide) groups is 1. The fourth-order valence-corrected chi connectivity index (χ4v) is 5.93. The van der Waals surface area contributed by atoms with E-state index >= 15 is 0 Å². The third kappa shape index (κ3) is 7.34. The van der Waals surface area contributed by atoms with Crippen LogP contribution in [0.2, 0.25) is 0 Å². The van der Waals surface area contributed by atoms with Crippen molar-refractivity contribution in [3.05, 3.63) is 106 Å². The number of nitrogens with one attached hydrogen (secondary N) is 1. The van der Waals surface area contributed by atoms with E-state index in [2.05, 4.69) is 15.5 Å². The number of fused-ring (bicyclic) bond motifs is 1. The molecule has 0 saturated carbocycles. The molecule has 0 saturated heterocycles. The zero-order chi connectivity index (χ0) is 34.4. The monoisotopic (exact) mass is 671 g/mol. The molecule has 0 atom stereocenters. The van der Waals surface area contributed by atoms with Crippen molar-refractivity contribution in [3.63, 3.8) is 0 Å². The number of nitrogens with zero attached hydrogens (tertiary/aromatic N) is 4. The number of hydrogen-bond donors (Lipinski definition) is 1. The molecule has 0 unspecified atom stereocenters. The Labute approximate surface area is 278 Å². The molecule has 0 radical (unpaired) electrons. The molecule has 0 fully saturated rings. The number of hydrazone groups is 1. The Morgan fingerprint density at radius 3 is 2.40 bits per heavy atom. The molecule has 2 aromatic heterocycles. The van der Waals surface area contributed by atoms with Crippen molar-refractivity contribution >= 4 is 34.8 Å². The number of carbonyl (C=O) groups is 1. The van der Waals surface area contributed by atoms with E-state index in [0.717, 1.165) is 23.4 Å². The van der Waals surface area contributed by atoms with E-state index in [9.17, 15) is 23.2 Å². The molecule has 1 amide bonds. The molecule has 0 bridgehead atoms. The summed E-state index contributed by atoms with van der Waals surface area (Å²) in [7, 11) is 4.56. The van der Waals surface area contributed by atoms with Crippen LogP contribution in [-0.4, -0.2) is 43.4 Å². The minimum atomic E-state index is -4.65. The van der Waals surface area contributed by atoms with Crippen LogP contribution >= 0.6 is 11.8 Å². The average Bonchev–Trinajstić information content (AvgIpc) is 3.09. The molecule has 13 heteroatoms. The lowest BCUT2D eigenvalue weighted by molar-refractivity contribution is -0.141. The van der Waals surface area contributed by atoms with Crippen LogP contribution in [-0.2, 0) is 11.9 Å². The molecule has 5 aromatic rings. The van der Waals surface area contributed by atoms with Crippen LogP contribution in [0.4, 0.5) is 13.2 Å². The van der Waals surface area contributed by atoms with Gasteiger partial charge in [0.15, 0.2) is 11.5 Å².